The fourth-order valence-corrected chi connectivity index (χ4v) is 4.48. The lowest BCUT2D eigenvalue weighted by Gasteiger charge is -2.16. The standard InChI is InChI=1S/C27H26N4O2/c1-19-8-7-11-21(16-19)18-30-26(33)24(31-23-13-6-5-12-22(23)29-27(30)31)17-25(32)28-15-14-20-9-3-2-4-10-20/h2-13,16,24H,14-15,17-18H2,1H3,(H,28,32). The zero-order valence-electron chi connectivity index (χ0n) is 18.6. The van der Waals surface area contributed by atoms with Crippen molar-refractivity contribution < 1.29 is 9.59 Å². The average Bonchev–Trinajstić information content (AvgIpc) is 3.31. The van der Waals surface area contributed by atoms with E-state index in [1.807, 2.05) is 84.3 Å². The van der Waals surface area contributed by atoms with Crippen molar-refractivity contribution >= 4 is 28.8 Å². The molecule has 5 rings (SSSR count). The summed E-state index contributed by atoms with van der Waals surface area (Å²) in [5.74, 6) is 0.373. The third-order valence-electron chi connectivity index (χ3n) is 6.06. The predicted molar refractivity (Wildman–Crippen MR) is 129 cm³/mol. The Bertz CT molecular complexity index is 1310. The summed E-state index contributed by atoms with van der Waals surface area (Å²) < 4.78 is 1.92. The van der Waals surface area contributed by atoms with E-state index < -0.39 is 6.04 Å². The minimum absolute atomic E-state index is 0.0886. The summed E-state index contributed by atoms with van der Waals surface area (Å²) in [7, 11) is 0. The molecule has 0 spiro atoms. The lowest BCUT2D eigenvalue weighted by molar-refractivity contribution is -0.127. The molecule has 1 aliphatic rings. The van der Waals surface area contributed by atoms with Crippen LogP contribution in [0, 0.1) is 6.92 Å². The first kappa shape index (κ1) is 20.9. The van der Waals surface area contributed by atoms with Gasteiger partial charge in [0.2, 0.25) is 11.9 Å². The fourth-order valence-electron chi connectivity index (χ4n) is 4.48. The average molecular weight is 439 g/mol. The second-order valence-electron chi connectivity index (χ2n) is 8.49. The van der Waals surface area contributed by atoms with Crippen LogP contribution in [0.3, 0.4) is 0 Å². The van der Waals surface area contributed by atoms with E-state index in [0.717, 1.165) is 28.6 Å². The van der Waals surface area contributed by atoms with Gasteiger partial charge in [-0.25, -0.2) is 4.98 Å². The monoisotopic (exact) mass is 438 g/mol. The maximum Gasteiger partial charge on any atom is 0.253 e. The molecule has 1 aromatic heterocycles. The lowest BCUT2D eigenvalue weighted by atomic mass is 10.1. The molecule has 1 atom stereocenters. The van der Waals surface area contributed by atoms with Gasteiger partial charge >= 0.3 is 0 Å². The van der Waals surface area contributed by atoms with Crippen LogP contribution in [0.1, 0.15) is 29.2 Å². The maximum atomic E-state index is 13.5. The van der Waals surface area contributed by atoms with Gasteiger partial charge in [-0.2, -0.15) is 0 Å². The van der Waals surface area contributed by atoms with Gasteiger partial charge in [-0.05, 0) is 36.6 Å². The fraction of sp³-hybridized carbons (Fsp3) is 0.222. The third kappa shape index (κ3) is 4.24. The Kier molecular flexibility index (Phi) is 5.65. The van der Waals surface area contributed by atoms with E-state index in [2.05, 4.69) is 11.4 Å². The molecule has 166 valence electrons. The first-order valence-electron chi connectivity index (χ1n) is 11.2. The number of aryl methyl sites for hydroxylation is 1. The Morgan fingerprint density at radius 3 is 2.55 bits per heavy atom. The number of fused-ring (bicyclic) bond motifs is 3. The van der Waals surface area contributed by atoms with E-state index in [9.17, 15) is 9.59 Å². The normalized spacial score (nSPS) is 15.1. The van der Waals surface area contributed by atoms with E-state index in [4.69, 9.17) is 4.98 Å². The molecule has 0 fully saturated rings. The summed E-state index contributed by atoms with van der Waals surface area (Å²) in [4.78, 5) is 32.7. The van der Waals surface area contributed by atoms with E-state index >= 15 is 0 Å². The number of aromatic nitrogens is 2. The highest BCUT2D eigenvalue weighted by Gasteiger charge is 2.40. The number of benzene rings is 3. The largest absolute Gasteiger partial charge is 0.356 e. The summed E-state index contributed by atoms with van der Waals surface area (Å²) in [6, 6.07) is 25.3. The van der Waals surface area contributed by atoms with Gasteiger partial charge in [0.05, 0.1) is 24.0 Å². The van der Waals surface area contributed by atoms with Crippen molar-refractivity contribution in [1.29, 1.82) is 0 Å². The third-order valence-corrected chi connectivity index (χ3v) is 6.06. The lowest BCUT2D eigenvalue weighted by Crippen LogP contribution is -2.33. The number of nitrogens with zero attached hydrogens (tertiary/aromatic N) is 3. The Morgan fingerprint density at radius 1 is 0.970 bits per heavy atom. The SMILES string of the molecule is Cc1cccc(CN2C(=O)C(CC(=O)NCCc3ccccc3)n3c2nc2ccccc23)c1. The number of amides is 2. The Balaban J connectivity index is 1.37. The summed E-state index contributed by atoms with van der Waals surface area (Å²) >= 11 is 0. The summed E-state index contributed by atoms with van der Waals surface area (Å²) in [6.07, 6.45) is 0.842. The molecular formula is C27H26N4O2. The summed E-state index contributed by atoms with van der Waals surface area (Å²) in [6.45, 7) is 3.00. The molecule has 0 bridgehead atoms. The van der Waals surface area contributed by atoms with Gasteiger partial charge in [0, 0.05) is 6.54 Å². The molecule has 0 radical (unpaired) electrons. The summed E-state index contributed by atoms with van der Waals surface area (Å²) in [5, 5.41) is 2.98. The number of carbonyl (C=O) groups excluding carboxylic acids is 2. The molecule has 3 aromatic carbocycles. The van der Waals surface area contributed by atoms with Crippen molar-refractivity contribution in [2.75, 3.05) is 11.4 Å². The number of hydrogen-bond donors (Lipinski definition) is 1. The van der Waals surface area contributed by atoms with Crippen molar-refractivity contribution in [3.63, 3.8) is 0 Å². The van der Waals surface area contributed by atoms with Gasteiger partial charge in [-0.1, -0.05) is 72.3 Å². The van der Waals surface area contributed by atoms with Gasteiger partial charge in [-0.15, -0.1) is 0 Å². The molecule has 2 heterocycles. The van der Waals surface area contributed by atoms with E-state index in [0.29, 0.717) is 19.0 Å². The smallest absolute Gasteiger partial charge is 0.253 e. The molecule has 0 aliphatic carbocycles. The number of para-hydroxylation sites is 2. The maximum absolute atomic E-state index is 13.5. The summed E-state index contributed by atoms with van der Waals surface area (Å²) in [5.41, 5.74) is 5.04. The molecule has 2 amide bonds. The Morgan fingerprint density at radius 2 is 1.73 bits per heavy atom. The van der Waals surface area contributed by atoms with Gasteiger partial charge in [0.25, 0.3) is 5.91 Å². The van der Waals surface area contributed by atoms with E-state index in [1.165, 1.54) is 5.56 Å². The number of anilines is 1. The molecule has 1 N–H and O–H groups in total. The predicted octanol–water partition coefficient (Wildman–Crippen LogP) is 4.18. The molecular weight excluding hydrogens is 412 g/mol. The van der Waals surface area contributed by atoms with Crippen molar-refractivity contribution in [2.45, 2.75) is 32.4 Å². The Labute approximate surface area is 192 Å². The van der Waals surface area contributed by atoms with E-state index in [1.54, 1.807) is 4.90 Å². The van der Waals surface area contributed by atoms with Gasteiger partial charge in [0.1, 0.15) is 6.04 Å². The highest BCUT2D eigenvalue weighted by molar-refractivity contribution is 6.03. The topological polar surface area (TPSA) is 67.2 Å². The van der Waals surface area contributed by atoms with Crippen LogP contribution >= 0.6 is 0 Å². The van der Waals surface area contributed by atoms with Crippen LogP contribution in [0.2, 0.25) is 0 Å². The van der Waals surface area contributed by atoms with Crippen LogP contribution in [-0.4, -0.2) is 27.9 Å². The second-order valence-corrected chi connectivity index (χ2v) is 8.49. The number of nitrogens with one attached hydrogen (secondary N) is 1. The Hall–Kier alpha value is -3.93. The number of carbonyl (C=O) groups is 2. The van der Waals surface area contributed by atoms with Crippen LogP contribution in [0.5, 0.6) is 0 Å². The molecule has 6 heteroatoms. The van der Waals surface area contributed by atoms with Crippen molar-refractivity contribution in [2.24, 2.45) is 0 Å². The number of rotatable bonds is 7. The molecule has 4 aromatic rings. The van der Waals surface area contributed by atoms with Crippen LogP contribution in [-0.2, 0) is 22.6 Å². The van der Waals surface area contributed by atoms with Crippen molar-refractivity contribution in [3.8, 4) is 0 Å². The van der Waals surface area contributed by atoms with E-state index in [-0.39, 0.29) is 18.2 Å². The van der Waals surface area contributed by atoms with Crippen LogP contribution in [0.25, 0.3) is 11.0 Å². The molecule has 33 heavy (non-hydrogen) atoms. The first-order valence-corrected chi connectivity index (χ1v) is 11.2. The van der Waals surface area contributed by atoms with Gasteiger partial charge < -0.3 is 5.32 Å². The molecule has 1 unspecified atom stereocenters. The highest BCUT2D eigenvalue weighted by atomic mass is 16.2. The van der Waals surface area contributed by atoms with Crippen LogP contribution in [0.4, 0.5) is 5.95 Å². The number of hydrogen-bond acceptors (Lipinski definition) is 3. The number of imidazole rings is 1. The van der Waals surface area contributed by atoms with Crippen molar-refractivity contribution in [3.05, 3.63) is 95.6 Å². The molecule has 0 saturated carbocycles. The van der Waals surface area contributed by atoms with Gasteiger partial charge in [-0.3, -0.25) is 19.1 Å². The molecule has 0 saturated heterocycles. The minimum atomic E-state index is -0.603. The second kappa shape index (κ2) is 8.90. The quantitative estimate of drug-likeness (QED) is 0.471. The highest BCUT2D eigenvalue weighted by Crippen LogP contribution is 2.37. The molecule has 6 nitrogen and oxygen atoms in total. The van der Waals surface area contributed by atoms with Crippen LogP contribution < -0.4 is 10.2 Å². The zero-order valence-corrected chi connectivity index (χ0v) is 18.6. The first-order chi connectivity index (χ1) is 16.1. The minimum Gasteiger partial charge on any atom is -0.356 e. The van der Waals surface area contributed by atoms with Crippen molar-refractivity contribution in [1.82, 2.24) is 14.9 Å². The van der Waals surface area contributed by atoms with Gasteiger partial charge in [0.15, 0.2) is 0 Å². The zero-order chi connectivity index (χ0) is 22.8. The van der Waals surface area contributed by atoms with Crippen LogP contribution in [0.15, 0.2) is 78.9 Å². The molecule has 1 aliphatic heterocycles.